The summed E-state index contributed by atoms with van der Waals surface area (Å²) in [4.78, 5) is 27.2. The SMILES string of the molecule is Cc1cccc(C)c1N1CCN(C(=O)c2cc([N+](=O)[O-])ccc2Cl)CC1. The number of hydrogen-bond donors (Lipinski definition) is 0. The average molecular weight is 374 g/mol. The van der Waals surface area contributed by atoms with Crippen molar-refractivity contribution in [2.24, 2.45) is 0 Å². The van der Waals surface area contributed by atoms with Crippen LogP contribution in [0.25, 0.3) is 0 Å². The lowest BCUT2D eigenvalue weighted by atomic mass is 10.1. The molecule has 0 radical (unpaired) electrons. The van der Waals surface area contributed by atoms with Crippen LogP contribution in [0.4, 0.5) is 11.4 Å². The van der Waals surface area contributed by atoms with Gasteiger partial charge in [0.05, 0.1) is 15.5 Å². The molecule has 1 saturated heterocycles. The molecule has 0 aliphatic carbocycles. The third kappa shape index (κ3) is 3.51. The third-order valence-electron chi connectivity index (χ3n) is 4.71. The first-order valence-electron chi connectivity index (χ1n) is 8.43. The van der Waals surface area contributed by atoms with Crippen molar-refractivity contribution >= 4 is 28.9 Å². The maximum atomic E-state index is 12.8. The second-order valence-electron chi connectivity index (χ2n) is 6.44. The van der Waals surface area contributed by atoms with Crippen molar-refractivity contribution in [1.82, 2.24) is 4.90 Å². The Labute approximate surface area is 157 Å². The highest BCUT2D eigenvalue weighted by Crippen LogP contribution is 2.27. The maximum Gasteiger partial charge on any atom is 0.270 e. The van der Waals surface area contributed by atoms with E-state index < -0.39 is 4.92 Å². The summed E-state index contributed by atoms with van der Waals surface area (Å²) in [5, 5.41) is 11.2. The molecule has 7 heteroatoms. The lowest BCUT2D eigenvalue weighted by Crippen LogP contribution is -2.49. The van der Waals surface area contributed by atoms with Gasteiger partial charge in [-0.05, 0) is 31.0 Å². The molecule has 0 aromatic heterocycles. The van der Waals surface area contributed by atoms with Gasteiger partial charge in [-0.3, -0.25) is 14.9 Å². The fraction of sp³-hybridized carbons (Fsp3) is 0.316. The molecule has 1 amide bonds. The molecule has 2 aromatic rings. The smallest absolute Gasteiger partial charge is 0.270 e. The Hall–Kier alpha value is -2.60. The number of halogens is 1. The van der Waals surface area contributed by atoms with Gasteiger partial charge in [-0.1, -0.05) is 29.8 Å². The number of piperazine rings is 1. The van der Waals surface area contributed by atoms with Gasteiger partial charge in [0.2, 0.25) is 0 Å². The fourth-order valence-corrected chi connectivity index (χ4v) is 3.60. The molecule has 26 heavy (non-hydrogen) atoms. The number of nitro benzene ring substituents is 1. The average Bonchev–Trinajstić information content (AvgIpc) is 2.62. The molecule has 0 N–H and O–H groups in total. The van der Waals surface area contributed by atoms with Crippen LogP contribution in [-0.2, 0) is 0 Å². The molecule has 2 aromatic carbocycles. The number of amides is 1. The predicted octanol–water partition coefficient (Wildman–Crippen LogP) is 3.83. The van der Waals surface area contributed by atoms with E-state index in [4.69, 9.17) is 11.6 Å². The van der Waals surface area contributed by atoms with Crippen molar-refractivity contribution < 1.29 is 9.72 Å². The standard InChI is InChI=1S/C19H20ClN3O3/c1-13-4-3-5-14(2)18(13)21-8-10-22(11-9-21)19(24)16-12-15(23(25)26)6-7-17(16)20/h3-7,12H,8-11H2,1-2H3. The number of nitro groups is 1. The highest BCUT2D eigenvalue weighted by Gasteiger charge is 2.26. The molecule has 1 fully saturated rings. The summed E-state index contributed by atoms with van der Waals surface area (Å²) in [5.41, 5.74) is 3.69. The summed E-state index contributed by atoms with van der Waals surface area (Å²) in [6.07, 6.45) is 0. The van der Waals surface area contributed by atoms with Crippen LogP contribution in [0.2, 0.25) is 5.02 Å². The van der Waals surface area contributed by atoms with E-state index in [0.29, 0.717) is 26.2 Å². The first kappa shape index (κ1) is 18.2. The van der Waals surface area contributed by atoms with Crippen molar-refractivity contribution in [2.45, 2.75) is 13.8 Å². The minimum Gasteiger partial charge on any atom is -0.368 e. The predicted molar refractivity (Wildman–Crippen MR) is 102 cm³/mol. The summed E-state index contributed by atoms with van der Waals surface area (Å²) >= 11 is 6.10. The van der Waals surface area contributed by atoms with Gasteiger partial charge in [0, 0.05) is 44.0 Å². The van der Waals surface area contributed by atoms with Gasteiger partial charge in [-0.15, -0.1) is 0 Å². The highest BCUT2D eigenvalue weighted by atomic mass is 35.5. The molecule has 1 aliphatic rings. The zero-order chi connectivity index (χ0) is 18.8. The number of hydrogen-bond acceptors (Lipinski definition) is 4. The number of carbonyl (C=O) groups is 1. The normalized spacial score (nSPS) is 14.4. The Morgan fingerprint density at radius 1 is 1.08 bits per heavy atom. The first-order chi connectivity index (χ1) is 12.4. The Kier molecular flexibility index (Phi) is 5.13. The quantitative estimate of drug-likeness (QED) is 0.605. The van der Waals surface area contributed by atoms with Gasteiger partial charge in [0.15, 0.2) is 0 Å². The van der Waals surface area contributed by atoms with Crippen LogP contribution in [0.15, 0.2) is 36.4 Å². The number of carbonyl (C=O) groups excluding carboxylic acids is 1. The summed E-state index contributed by atoms with van der Waals surface area (Å²) in [6, 6.07) is 10.2. The summed E-state index contributed by atoms with van der Waals surface area (Å²) in [7, 11) is 0. The second kappa shape index (κ2) is 7.33. The van der Waals surface area contributed by atoms with Crippen molar-refractivity contribution in [1.29, 1.82) is 0 Å². The Morgan fingerprint density at radius 3 is 2.27 bits per heavy atom. The largest absolute Gasteiger partial charge is 0.368 e. The van der Waals surface area contributed by atoms with E-state index in [2.05, 4.69) is 30.9 Å². The number of para-hydroxylation sites is 1. The Bertz CT molecular complexity index is 841. The number of aryl methyl sites for hydroxylation is 2. The number of rotatable bonds is 3. The molecule has 0 saturated carbocycles. The first-order valence-corrected chi connectivity index (χ1v) is 8.80. The molecule has 1 heterocycles. The maximum absolute atomic E-state index is 12.8. The van der Waals surface area contributed by atoms with Crippen LogP contribution in [0.3, 0.4) is 0 Å². The highest BCUT2D eigenvalue weighted by molar-refractivity contribution is 6.33. The molecule has 1 aliphatic heterocycles. The van der Waals surface area contributed by atoms with E-state index in [1.54, 1.807) is 4.90 Å². The van der Waals surface area contributed by atoms with Gasteiger partial charge in [0.1, 0.15) is 0 Å². The summed E-state index contributed by atoms with van der Waals surface area (Å²) < 4.78 is 0. The lowest BCUT2D eigenvalue weighted by Gasteiger charge is -2.37. The van der Waals surface area contributed by atoms with Gasteiger partial charge in [0.25, 0.3) is 11.6 Å². The third-order valence-corrected chi connectivity index (χ3v) is 5.04. The second-order valence-corrected chi connectivity index (χ2v) is 6.85. The molecule has 6 nitrogen and oxygen atoms in total. The van der Waals surface area contributed by atoms with Crippen molar-refractivity contribution in [3.05, 3.63) is 68.2 Å². The van der Waals surface area contributed by atoms with E-state index in [1.165, 1.54) is 35.0 Å². The molecule has 0 unspecified atom stereocenters. The minimum absolute atomic E-state index is 0.132. The molecule has 0 spiro atoms. The number of benzene rings is 2. The minimum atomic E-state index is -0.522. The van der Waals surface area contributed by atoms with Gasteiger partial charge in [-0.25, -0.2) is 0 Å². The lowest BCUT2D eigenvalue weighted by molar-refractivity contribution is -0.384. The van der Waals surface area contributed by atoms with Crippen molar-refractivity contribution in [2.75, 3.05) is 31.1 Å². The van der Waals surface area contributed by atoms with Gasteiger partial charge in [-0.2, -0.15) is 0 Å². The Balaban J connectivity index is 1.75. The molecular formula is C19H20ClN3O3. The molecular weight excluding hydrogens is 354 g/mol. The van der Waals surface area contributed by atoms with Gasteiger partial charge >= 0.3 is 0 Å². The molecule has 3 rings (SSSR count). The van der Waals surface area contributed by atoms with E-state index in [9.17, 15) is 14.9 Å². The van der Waals surface area contributed by atoms with Crippen LogP contribution in [0, 0.1) is 24.0 Å². The van der Waals surface area contributed by atoms with Crippen LogP contribution >= 0.6 is 11.6 Å². The van der Waals surface area contributed by atoms with Crippen LogP contribution in [-0.4, -0.2) is 41.9 Å². The van der Waals surface area contributed by atoms with Crippen LogP contribution < -0.4 is 4.90 Å². The zero-order valence-electron chi connectivity index (χ0n) is 14.7. The zero-order valence-corrected chi connectivity index (χ0v) is 15.5. The van der Waals surface area contributed by atoms with E-state index >= 15 is 0 Å². The van der Waals surface area contributed by atoms with E-state index in [-0.39, 0.29) is 22.2 Å². The fourth-order valence-electron chi connectivity index (χ4n) is 3.40. The Morgan fingerprint density at radius 2 is 1.69 bits per heavy atom. The van der Waals surface area contributed by atoms with Crippen molar-refractivity contribution in [3.63, 3.8) is 0 Å². The van der Waals surface area contributed by atoms with E-state index in [0.717, 1.165) is 0 Å². The van der Waals surface area contributed by atoms with Crippen molar-refractivity contribution in [3.8, 4) is 0 Å². The topological polar surface area (TPSA) is 66.7 Å². The van der Waals surface area contributed by atoms with E-state index in [1.807, 2.05) is 6.07 Å². The summed E-state index contributed by atoms with van der Waals surface area (Å²) in [5.74, 6) is -0.264. The number of nitrogens with zero attached hydrogens (tertiary/aromatic N) is 3. The molecule has 0 atom stereocenters. The molecule has 136 valence electrons. The molecule has 0 bridgehead atoms. The van der Waals surface area contributed by atoms with Crippen LogP contribution in [0.1, 0.15) is 21.5 Å². The monoisotopic (exact) mass is 373 g/mol. The number of anilines is 1. The van der Waals surface area contributed by atoms with Gasteiger partial charge < -0.3 is 9.80 Å². The van der Waals surface area contributed by atoms with Crippen LogP contribution in [0.5, 0.6) is 0 Å². The summed E-state index contributed by atoms with van der Waals surface area (Å²) in [6.45, 7) is 6.69. The number of non-ortho nitro benzene ring substituents is 1.